The van der Waals surface area contributed by atoms with Crippen LogP contribution in [0.2, 0.25) is 0 Å². The normalized spacial score (nSPS) is 11.2. The summed E-state index contributed by atoms with van der Waals surface area (Å²) >= 11 is 0. The lowest BCUT2D eigenvalue weighted by molar-refractivity contribution is -0.136. The van der Waals surface area contributed by atoms with Crippen molar-refractivity contribution in [1.29, 1.82) is 0 Å². The van der Waals surface area contributed by atoms with Crippen molar-refractivity contribution in [3.63, 3.8) is 0 Å². The Balaban J connectivity index is 2.32. The number of methoxy groups -OCH3 is 1. The van der Waals surface area contributed by atoms with E-state index < -0.39 is 5.97 Å². The molecule has 5 heteroatoms. The van der Waals surface area contributed by atoms with E-state index in [4.69, 9.17) is 4.74 Å². The van der Waals surface area contributed by atoms with Crippen LogP contribution in [0.1, 0.15) is 16.2 Å². The molecule has 1 heterocycles. The van der Waals surface area contributed by atoms with Gasteiger partial charge in [0.25, 0.3) is 0 Å². The van der Waals surface area contributed by atoms with Crippen LogP contribution in [0.5, 0.6) is 0 Å². The molecule has 0 N–H and O–H groups in total. The number of rotatable bonds is 5. The van der Waals surface area contributed by atoms with Crippen molar-refractivity contribution in [2.75, 3.05) is 7.11 Å². The zero-order valence-corrected chi connectivity index (χ0v) is 11.0. The molecule has 1 aromatic carbocycles. The van der Waals surface area contributed by atoms with Gasteiger partial charge in [0.1, 0.15) is 0 Å². The number of ether oxygens (including phenoxy) is 1. The summed E-state index contributed by atoms with van der Waals surface area (Å²) in [6.07, 6.45) is 5.55. The number of aldehydes is 1. The van der Waals surface area contributed by atoms with Gasteiger partial charge >= 0.3 is 5.97 Å². The number of carbonyl (C=O) groups excluding carboxylic acids is 2. The zero-order valence-electron chi connectivity index (χ0n) is 11.0. The van der Waals surface area contributed by atoms with E-state index >= 15 is 0 Å². The summed E-state index contributed by atoms with van der Waals surface area (Å²) < 4.78 is 6.37. The number of carbonyl (C=O) groups is 2. The Bertz CT molecular complexity index is 630. The van der Waals surface area contributed by atoms with Crippen LogP contribution < -0.4 is 0 Å². The molecule has 1 aromatic heterocycles. The van der Waals surface area contributed by atoms with E-state index in [0.717, 1.165) is 5.56 Å². The number of nitrogens with zero attached hydrogens (tertiary/aromatic N) is 2. The van der Waals surface area contributed by atoms with Crippen LogP contribution in [0.25, 0.3) is 6.08 Å². The van der Waals surface area contributed by atoms with Crippen molar-refractivity contribution in [3.05, 3.63) is 59.7 Å². The monoisotopic (exact) mass is 270 g/mol. The summed E-state index contributed by atoms with van der Waals surface area (Å²) in [5, 5.41) is 0. The van der Waals surface area contributed by atoms with E-state index in [2.05, 4.69) is 4.98 Å². The molecule has 0 saturated heterocycles. The molecule has 0 unspecified atom stereocenters. The first-order valence-corrected chi connectivity index (χ1v) is 6.05. The standard InChI is InChI=1S/C15H14N2O3/c1-20-15(19)13(9-12-5-3-2-4-6-12)10-17-8-7-16-14(17)11-18/h2-9,11H,10H2,1H3/b13-9-. The molecule has 0 saturated carbocycles. The maximum absolute atomic E-state index is 11.8. The van der Waals surface area contributed by atoms with E-state index in [9.17, 15) is 9.59 Å². The topological polar surface area (TPSA) is 61.2 Å². The maximum atomic E-state index is 11.8. The first kappa shape index (κ1) is 13.7. The first-order valence-electron chi connectivity index (χ1n) is 6.05. The molecular formula is C15H14N2O3. The van der Waals surface area contributed by atoms with Crippen molar-refractivity contribution >= 4 is 18.3 Å². The fourth-order valence-electron chi connectivity index (χ4n) is 1.81. The minimum atomic E-state index is -0.431. The number of imidazole rings is 1. The Morgan fingerprint density at radius 2 is 2.10 bits per heavy atom. The van der Waals surface area contributed by atoms with Gasteiger partial charge in [-0.15, -0.1) is 0 Å². The van der Waals surface area contributed by atoms with Crippen LogP contribution in [0.15, 0.2) is 48.3 Å². The average molecular weight is 270 g/mol. The van der Waals surface area contributed by atoms with Gasteiger partial charge < -0.3 is 9.30 Å². The number of aromatic nitrogens is 2. The average Bonchev–Trinajstić information content (AvgIpc) is 2.94. The van der Waals surface area contributed by atoms with Crippen LogP contribution >= 0.6 is 0 Å². The summed E-state index contributed by atoms with van der Waals surface area (Å²) in [6, 6.07) is 9.44. The van der Waals surface area contributed by atoms with Gasteiger partial charge in [0.2, 0.25) is 0 Å². The van der Waals surface area contributed by atoms with E-state index in [0.29, 0.717) is 11.9 Å². The van der Waals surface area contributed by atoms with Crippen molar-refractivity contribution in [1.82, 2.24) is 9.55 Å². The molecule has 102 valence electrons. The van der Waals surface area contributed by atoms with Gasteiger partial charge in [-0.3, -0.25) is 4.79 Å². The number of hydrogen-bond donors (Lipinski definition) is 0. The second-order valence-electron chi connectivity index (χ2n) is 4.10. The van der Waals surface area contributed by atoms with Crippen LogP contribution in [0, 0.1) is 0 Å². The van der Waals surface area contributed by atoms with E-state index in [1.165, 1.54) is 13.3 Å². The SMILES string of the molecule is COC(=O)/C(=C\c1ccccc1)Cn1ccnc1C=O. The highest BCUT2D eigenvalue weighted by atomic mass is 16.5. The lowest BCUT2D eigenvalue weighted by atomic mass is 10.1. The molecule has 2 rings (SSSR count). The summed E-state index contributed by atoms with van der Waals surface area (Å²) in [7, 11) is 1.33. The quantitative estimate of drug-likeness (QED) is 0.473. The highest BCUT2D eigenvalue weighted by Gasteiger charge is 2.12. The second-order valence-corrected chi connectivity index (χ2v) is 4.10. The molecular weight excluding hydrogens is 256 g/mol. The highest BCUT2D eigenvalue weighted by molar-refractivity contribution is 5.93. The van der Waals surface area contributed by atoms with Gasteiger partial charge in [0.15, 0.2) is 12.1 Å². The smallest absolute Gasteiger partial charge is 0.335 e. The predicted molar refractivity (Wildman–Crippen MR) is 74.0 cm³/mol. The Morgan fingerprint density at radius 1 is 1.35 bits per heavy atom. The van der Waals surface area contributed by atoms with Crippen molar-refractivity contribution < 1.29 is 14.3 Å². The first-order chi connectivity index (χ1) is 9.74. The summed E-state index contributed by atoms with van der Waals surface area (Å²) in [6.45, 7) is 0.232. The number of hydrogen-bond acceptors (Lipinski definition) is 4. The minimum absolute atomic E-state index is 0.232. The molecule has 0 spiro atoms. The Labute approximate surface area is 116 Å². The van der Waals surface area contributed by atoms with E-state index in [1.807, 2.05) is 30.3 Å². The third-order valence-corrected chi connectivity index (χ3v) is 2.78. The summed E-state index contributed by atoms with van der Waals surface area (Å²) in [4.78, 5) is 26.6. The molecule has 0 aliphatic heterocycles. The molecule has 0 bridgehead atoms. The van der Waals surface area contributed by atoms with Gasteiger partial charge in [0.05, 0.1) is 19.2 Å². The Hall–Kier alpha value is -2.69. The highest BCUT2D eigenvalue weighted by Crippen LogP contribution is 2.11. The van der Waals surface area contributed by atoms with Gasteiger partial charge in [-0.2, -0.15) is 0 Å². The third-order valence-electron chi connectivity index (χ3n) is 2.78. The van der Waals surface area contributed by atoms with Crippen LogP contribution in [-0.2, 0) is 16.1 Å². The second kappa shape index (κ2) is 6.47. The summed E-state index contributed by atoms with van der Waals surface area (Å²) in [5.41, 5.74) is 1.33. The number of benzene rings is 1. The molecule has 0 atom stereocenters. The molecule has 0 aliphatic carbocycles. The number of esters is 1. The zero-order chi connectivity index (χ0) is 14.4. The van der Waals surface area contributed by atoms with Crippen molar-refractivity contribution in [2.24, 2.45) is 0 Å². The van der Waals surface area contributed by atoms with E-state index in [1.54, 1.807) is 16.8 Å². The van der Waals surface area contributed by atoms with Gasteiger partial charge in [-0.05, 0) is 11.6 Å². The predicted octanol–water partition coefficient (Wildman–Crippen LogP) is 1.95. The van der Waals surface area contributed by atoms with Gasteiger partial charge in [-0.1, -0.05) is 30.3 Å². The summed E-state index contributed by atoms with van der Waals surface area (Å²) in [5.74, 6) is -0.160. The lowest BCUT2D eigenvalue weighted by Crippen LogP contribution is -2.13. The Morgan fingerprint density at radius 3 is 2.75 bits per heavy atom. The van der Waals surface area contributed by atoms with Crippen LogP contribution in [0.4, 0.5) is 0 Å². The lowest BCUT2D eigenvalue weighted by Gasteiger charge is -2.08. The molecule has 2 aromatic rings. The van der Waals surface area contributed by atoms with Gasteiger partial charge in [0, 0.05) is 12.4 Å². The maximum Gasteiger partial charge on any atom is 0.335 e. The fourth-order valence-corrected chi connectivity index (χ4v) is 1.81. The van der Waals surface area contributed by atoms with Crippen molar-refractivity contribution in [3.8, 4) is 0 Å². The molecule has 5 nitrogen and oxygen atoms in total. The molecule has 0 fully saturated rings. The van der Waals surface area contributed by atoms with E-state index in [-0.39, 0.29) is 12.4 Å². The Kier molecular flexibility index (Phi) is 4.44. The van der Waals surface area contributed by atoms with Crippen LogP contribution in [-0.4, -0.2) is 28.9 Å². The van der Waals surface area contributed by atoms with Gasteiger partial charge in [-0.25, -0.2) is 9.78 Å². The fraction of sp³-hybridized carbons (Fsp3) is 0.133. The molecule has 0 radical (unpaired) electrons. The molecule has 20 heavy (non-hydrogen) atoms. The molecule has 0 amide bonds. The third kappa shape index (κ3) is 3.20. The largest absolute Gasteiger partial charge is 0.466 e. The minimum Gasteiger partial charge on any atom is -0.466 e. The van der Waals surface area contributed by atoms with Crippen molar-refractivity contribution in [2.45, 2.75) is 6.54 Å². The van der Waals surface area contributed by atoms with Crippen LogP contribution in [0.3, 0.4) is 0 Å². The molecule has 0 aliphatic rings.